The fourth-order valence-electron chi connectivity index (χ4n) is 3.20. The van der Waals surface area contributed by atoms with E-state index in [1.54, 1.807) is 0 Å². The highest BCUT2D eigenvalue weighted by Gasteiger charge is 2.23. The van der Waals surface area contributed by atoms with Gasteiger partial charge in [-0.15, -0.1) is 0 Å². The summed E-state index contributed by atoms with van der Waals surface area (Å²) in [6, 6.07) is 24.8. The zero-order valence-corrected chi connectivity index (χ0v) is 14.8. The van der Waals surface area contributed by atoms with Gasteiger partial charge in [-0.25, -0.2) is 0 Å². The molecule has 0 aliphatic heterocycles. The van der Waals surface area contributed by atoms with Gasteiger partial charge in [0.25, 0.3) is 0 Å². The molecule has 0 saturated heterocycles. The van der Waals surface area contributed by atoms with E-state index < -0.39 is 0 Å². The Hall–Kier alpha value is -2.61. The Kier molecular flexibility index (Phi) is 5.49. The van der Waals surface area contributed by atoms with Crippen LogP contribution in [0.2, 0.25) is 0 Å². The molecule has 2 heteroatoms. The van der Waals surface area contributed by atoms with Gasteiger partial charge in [-0.2, -0.15) is 0 Å². The minimum atomic E-state index is -0.185. The van der Waals surface area contributed by atoms with E-state index in [0.717, 1.165) is 5.56 Å². The summed E-state index contributed by atoms with van der Waals surface area (Å²) in [6.07, 6.45) is 1.27. The Morgan fingerprint density at radius 1 is 0.840 bits per heavy atom. The fourth-order valence-corrected chi connectivity index (χ4v) is 3.20. The summed E-state index contributed by atoms with van der Waals surface area (Å²) in [5.41, 5.74) is 2.35. The highest BCUT2D eigenvalue weighted by atomic mass is 16.5. The number of benzene rings is 3. The lowest BCUT2D eigenvalue weighted by atomic mass is 9.90. The van der Waals surface area contributed by atoms with Crippen LogP contribution in [0.3, 0.4) is 0 Å². The molecule has 0 aliphatic carbocycles. The number of fused-ring (bicyclic) bond motifs is 1. The van der Waals surface area contributed by atoms with Crippen molar-refractivity contribution in [2.45, 2.75) is 32.8 Å². The topological polar surface area (TPSA) is 26.3 Å². The van der Waals surface area contributed by atoms with Crippen LogP contribution in [0.4, 0.5) is 0 Å². The normalized spacial score (nSPS) is 12.3. The largest absolute Gasteiger partial charge is 0.463 e. The van der Waals surface area contributed by atoms with Crippen molar-refractivity contribution >= 4 is 16.7 Å². The van der Waals surface area contributed by atoms with E-state index in [1.165, 1.54) is 16.3 Å². The summed E-state index contributed by atoms with van der Waals surface area (Å²) >= 11 is 0. The summed E-state index contributed by atoms with van der Waals surface area (Å²) in [5.74, 6) is -0.303. The van der Waals surface area contributed by atoms with Gasteiger partial charge < -0.3 is 4.74 Å². The Bertz CT molecular complexity index is 832. The van der Waals surface area contributed by atoms with Crippen molar-refractivity contribution in [1.29, 1.82) is 0 Å². The van der Waals surface area contributed by atoms with E-state index in [9.17, 15) is 4.79 Å². The zero-order chi connectivity index (χ0) is 17.6. The molecule has 0 unspecified atom stereocenters. The summed E-state index contributed by atoms with van der Waals surface area (Å²) in [5, 5.41) is 2.41. The van der Waals surface area contributed by atoms with Gasteiger partial charge >= 0.3 is 5.97 Å². The van der Waals surface area contributed by atoms with Gasteiger partial charge in [-0.3, -0.25) is 4.79 Å². The summed E-state index contributed by atoms with van der Waals surface area (Å²) < 4.78 is 5.53. The van der Waals surface area contributed by atoms with Gasteiger partial charge in [-0.05, 0) is 48.6 Å². The van der Waals surface area contributed by atoms with Crippen LogP contribution in [0.25, 0.3) is 10.8 Å². The average Bonchev–Trinajstić information content (AvgIpc) is 2.62. The molecule has 0 aliphatic rings. The zero-order valence-electron chi connectivity index (χ0n) is 14.8. The minimum absolute atomic E-state index is 0.0988. The molecule has 0 fully saturated rings. The average molecular weight is 332 g/mol. The smallest absolute Gasteiger partial charge is 0.309 e. The van der Waals surface area contributed by atoms with Crippen LogP contribution >= 0.6 is 0 Å². The number of hydrogen-bond acceptors (Lipinski definition) is 2. The molecule has 0 bridgehead atoms. The molecule has 3 aromatic carbocycles. The van der Waals surface area contributed by atoms with Crippen LogP contribution in [0, 0.1) is 5.92 Å². The van der Waals surface area contributed by atoms with Crippen molar-refractivity contribution in [3.05, 3.63) is 83.9 Å². The number of carbonyl (C=O) groups excluding carboxylic acids is 1. The highest BCUT2D eigenvalue weighted by Crippen LogP contribution is 2.24. The van der Waals surface area contributed by atoms with Gasteiger partial charge in [0.15, 0.2) is 0 Å². The predicted octanol–water partition coefficient (Wildman–Crippen LogP) is 5.19. The molecule has 0 aromatic heterocycles. The van der Waals surface area contributed by atoms with Crippen LogP contribution in [-0.4, -0.2) is 12.1 Å². The highest BCUT2D eigenvalue weighted by molar-refractivity contribution is 5.86. The first-order chi connectivity index (χ1) is 12.1. The third kappa shape index (κ3) is 4.48. The molecule has 0 heterocycles. The van der Waals surface area contributed by atoms with Crippen molar-refractivity contribution in [2.75, 3.05) is 0 Å². The van der Waals surface area contributed by atoms with Crippen molar-refractivity contribution < 1.29 is 9.53 Å². The number of esters is 1. The maximum atomic E-state index is 12.7. The van der Waals surface area contributed by atoms with Gasteiger partial charge in [0.2, 0.25) is 0 Å². The van der Waals surface area contributed by atoms with E-state index in [0.29, 0.717) is 12.8 Å². The number of carbonyl (C=O) groups is 1. The van der Waals surface area contributed by atoms with Crippen molar-refractivity contribution in [1.82, 2.24) is 0 Å². The predicted molar refractivity (Wildman–Crippen MR) is 103 cm³/mol. The van der Waals surface area contributed by atoms with E-state index in [-0.39, 0.29) is 18.0 Å². The molecule has 0 spiro atoms. The quantitative estimate of drug-likeness (QED) is 0.580. The van der Waals surface area contributed by atoms with Crippen LogP contribution in [0.5, 0.6) is 0 Å². The summed E-state index contributed by atoms with van der Waals surface area (Å²) in [6.45, 7) is 3.80. The second kappa shape index (κ2) is 7.98. The number of rotatable bonds is 6. The molecule has 2 nitrogen and oxygen atoms in total. The second-order valence-corrected chi connectivity index (χ2v) is 6.71. The molecular formula is C23H24O2. The SMILES string of the molecule is CC(C)OC(=O)[C@H](Cc1ccccc1)Cc1cccc2ccccc12. The molecule has 25 heavy (non-hydrogen) atoms. The molecular weight excluding hydrogens is 308 g/mol. The van der Waals surface area contributed by atoms with Crippen LogP contribution < -0.4 is 0 Å². The van der Waals surface area contributed by atoms with E-state index >= 15 is 0 Å². The van der Waals surface area contributed by atoms with Crippen molar-refractivity contribution in [3.63, 3.8) is 0 Å². The third-order valence-corrected chi connectivity index (χ3v) is 4.36. The standard InChI is InChI=1S/C23H24O2/c1-17(2)25-23(24)21(15-18-9-4-3-5-10-18)16-20-13-8-12-19-11-6-7-14-22(19)20/h3-14,17,21H,15-16H2,1-2H3/t21-/m1/s1. The monoisotopic (exact) mass is 332 g/mol. The maximum absolute atomic E-state index is 12.7. The van der Waals surface area contributed by atoms with E-state index in [2.05, 4.69) is 42.5 Å². The van der Waals surface area contributed by atoms with Crippen LogP contribution in [0.15, 0.2) is 72.8 Å². The van der Waals surface area contributed by atoms with Crippen LogP contribution in [0.1, 0.15) is 25.0 Å². The Balaban J connectivity index is 1.89. The molecule has 0 N–H and O–H groups in total. The number of hydrogen-bond donors (Lipinski definition) is 0. The molecule has 3 aromatic rings. The lowest BCUT2D eigenvalue weighted by molar-refractivity contribution is -0.152. The lowest BCUT2D eigenvalue weighted by Crippen LogP contribution is -2.25. The van der Waals surface area contributed by atoms with E-state index in [1.807, 2.05) is 44.2 Å². The molecule has 128 valence electrons. The first-order valence-electron chi connectivity index (χ1n) is 8.84. The van der Waals surface area contributed by atoms with Gasteiger partial charge in [0.1, 0.15) is 0 Å². The Morgan fingerprint density at radius 2 is 1.52 bits per heavy atom. The van der Waals surface area contributed by atoms with Gasteiger partial charge in [0.05, 0.1) is 12.0 Å². The molecule has 0 saturated carbocycles. The minimum Gasteiger partial charge on any atom is -0.463 e. The van der Waals surface area contributed by atoms with Gasteiger partial charge in [0, 0.05) is 0 Å². The summed E-state index contributed by atoms with van der Waals surface area (Å²) in [7, 11) is 0. The van der Waals surface area contributed by atoms with Gasteiger partial charge in [-0.1, -0.05) is 72.8 Å². The molecule has 0 amide bonds. The summed E-state index contributed by atoms with van der Waals surface area (Å²) in [4.78, 5) is 12.7. The first kappa shape index (κ1) is 17.2. The first-order valence-corrected chi connectivity index (χ1v) is 8.84. The Labute approximate surface area is 149 Å². The molecule has 1 atom stereocenters. The molecule has 3 rings (SSSR count). The Morgan fingerprint density at radius 3 is 2.28 bits per heavy atom. The fraction of sp³-hybridized carbons (Fsp3) is 0.261. The van der Waals surface area contributed by atoms with Crippen molar-refractivity contribution in [2.24, 2.45) is 5.92 Å². The maximum Gasteiger partial charge on any atom is 0.309 e. The van der Waals surface area contributed by atoms with Crippen molar-refractivity contribution in [3.8, 4) is 0 Å². The second-order valence-electron chi connectivity index (χ2n) is 6.71. The number of ether oxygens (including phenoxy) is 1. The third-order valence-electron chi connectivity index (χ3n) is 4.36. The lowest BCUT2D eigenvalue weighted by Gasteiger charge is -2.19. The van der Waals surface area contributed by atoms with Crippen LogP contribution in [-0.2, 0) is 22.4 Å². The molecule has 0 radical (unpaired) electrons. The van der Waals surface area contributed by atoms with E-state index in [4.69, 9.17) is 4.74 Å².